The van der Waals surface area contributed by atoms with Crippen LogP contribution in [0.5, 0.6) is 0 Å². The molecule has 0 unspecified atom stereocenters. The van der Waals surface area contributed by atoms with Crippen LogP contribution in [0, 0.1) is 18.3 Å². The van der Waals surface area contributed by atoms with E-state index in [0.29, 0.717) is 10.6 Å². The predicted molar refractivity (Wildman–Crippen MR) is 59.8 cm³/mol. The molecule has 0 radical (unpaired) electrons. The Kier molecular flexibility index (Phi) is 3.13. The van der Waals surface area contributed by atoms with Gasteiger partial charge in [-0.05, 0) is 36.9 Å². The van der Waals surface area contributed by atoms with E-state index in [1.807, 2.05) is 13.0 Å². The zero-order chi connectivity index (χ0) is 11.4. The summed E-state index contributed by atoms with van der Waals surface area (Å²) in [4.78, 5) is 12.2. The molecule has 0 fully saturated rings. The van der Waals surface area contributed by atoms with E-state index >= 15 is 0 Å². The third kappa shape index (κ3) is 2.35. The first-order chi connectivity index (χ1) is 7.79. The molecule has 2 aromatic rings. The van der Waals surface area contributed by atoms with Crippen LogP contribution in [0.4, 0.5) is 0 Å². The summed E-state index contributed by atoms with van der Waals surface area (Å²) < 4.78 is 0. The second kappa shape index (κ2) is 4.73. The van der Waals surface area contributed by atoms with Crippen LogP contribution < -0.4 is 0 Å². The normalized spacial score (nSPS) is 9.75. The van der Waals surface area contributed by atoms with Crippen molar-refractivity contribution in [1.82, 2.24) is 15.0 Å². The lowest BCUT2D eigenvalue weighted by Gasteiger charge is -2.02. The molecule has 0 aliphatic carbocycles. The van der Waals surface area contributed by atoms with Crippen molar-refractivity contribution in [2.45, 2.75) is 17.0 Å². The van der Waals surface area contributed by atoms with Gasteiger partial charge in [-0.2, -0.15) is 5.26 Å². The smallest absolute Gasteiger partial charge is 0.120 e. The van der Waals surface area contributed by atoms with Gasteiger partial charge in [0.05, 0.1) is 5.56 Å². The minimum absolute atomic E-state index is 0.564. The SMILES string of the molecule is Cc1ccc(C#N)c(Sc2ccncn2)n1. The Hall–Kier alpha value is -1.93. The van der Waals surface area contributed by atoms with E-state index < -0.39 is 0 Å². The van der Waals surface area contributed by atoms with Gasteiger partial charge in [0.1, 0.15) is 22.4 Å². The minimum Gasteiger partial charge on any atom is -0.245 e. The van der Waals surface area contributed by atoms with Gasteiger partial charge in [0, 0.05) is 11.9 Å². The van der Waals surface area contributed by atoms with Gasteiger partial charge >= 0.3 is 0 Å². The fourth-order valence-electron chi connectivity index (χ4n) is 1.13. The molecular formula is C11H8N4S. The molecular weight excluding hydrogens is 220 g/mol. The van der Waals surface area contributed by atoms with Crippen molar-refractivity contribution in [2.75, 3.05) is 0 Å². The van der Waals surface area contributed by atoms with Gasteiger partial charge in [0.15, 0.2) is 0 Å². The summed E-state index contributed by atoms with van der Waals surface area (Å²) in [5, 5.41) is 10.4. The first-order valence-electron chi connectivity index (χ1n) is 4.61. The van der Waals surface area contributed by atoms with Gasteiger partial charge in [-0.3, -0.25) is 0 Å². The van der Waals surface area contributed by atoms with Crippen LogP contribution in [-0.4, -0.2) is 15.0 Å². The molecule has 0 spiro atoms. The monoisotopic (exact) mass is 228 g/mol. The third-order valence-corrected chi connectivity index (χ3v) is 2.83. The summed E-state index contributed by atoms with van der Waals surface area (Å²) in [6.07, 6.45) is 3.14. The minimum atomic E-state index is 0.564. The topological polar surface area (TPSA) is 62.5 Å². The number of hydrogen-bond donors (Lipinski definition) is 0. The van der Waals surface area contributed by atoms with E-state index in [1.54, 1.807) is 18.3 Å². The van der Waals surface area contributed by atoms with Crippen LogP contribution in [0.25, 0.3) is 0 Å². The summed E-state index contributed by atoms with van der Waals surface area (Å²) in [5.74, 6) is 0. The molecule has 5 heteroatoms. The number of aromatic nitrogens is 3. The lowest BCUT2D eigenvalue weighted by molar-refractivity contribution is 1.02. The predicted octanol–water partition coefficient (Wildman–Crippen LogP) is 2.20. The van der Waals surface area contributed by atoms with Crippen molar-refractivity contribution in [1.29, 1.82) is 5.26 Å². The highest BCUT2D eigenvalue weighted by Crippen LogP contribution is 2.26. The molecule has 4 nitrogen and oxygen atoms in total. The van der Waals surface area contributed by atoms with E-state index in [1.165, 1.54) is 18.1 Å². The van der Waals surface area contributed by atoms with Crippen LogP contribution in [0.1, 0.15) is 11.3 Å². The molecule has 0 aliphatic rings. The Morgan fingerprint density at radius 2 is 2.19 bits per heavy atom. The van der Waals surface area contributed by atoms with Crippen LogP contribution in [0.2, 0.25) is 0 Å². The summed E-state index contributed by atoms with van der Waals surface area (Å²) in [5.41, 5.74) is 1.45. The van der Waals surface area contributed by atoms with Crippen molar-refractivity contribution in [3.05, 3.63) is 42.0 Å². The number of rotatable bonds is 2. The molecule has 0 aliphatic heterocycles. The standard InChI is InChI=1S/C11H8N4S/c1-8-2-3-9(6-12)11(15-8)16-10-4-5-13-7-14-10/h2-5,7H,1H3. The number of nitrogens with zero attached hydrogens (tertiary/aromatic N) is 4. The third-order valence-electron chi connectivity index (χ3n) is 1.88. The first kappa shape index (κ1) is 10.6. The van der Waals surface area contributed by atoms with Crippen LogP contribution in [0.3, 0.4) is 0 Å². The van der Waals surface area contributed by atoms with E-state index in [4.69, 9.17) is 5.26 Å². The quantitative estimate of drug-likeness (QED) is 0.737. The van der Waals surface area contributed by atoms with Crippen molar-refractivity contribution >= 4 is 11.8 Å². The average Bonchev–Trinajstić information content (AvgIpc) is 2.31. The van der Waals surface area contributed by atoms with Crippen LogP contribution >= 0.6 is 11.8 Å². The lowest BCUT2D eigenvalue weighted by Crippen LogP contribution is -1.90. The number of aryl methyl sites for hydroxylation is 1. The van der Waals surface area contributed by atoms with E-state index in [9.17, 15) is 0 Å². The molecule has 78 valence electrons. The van der Waals surface area contributed by atoms with E-state index in [2.05, 4.69) is 21.0 Å². The van der Waals surface area contributed by atoms with Crippen molar-refractivity contribution in [3.63, 3.8) is 0 Å². The zero-order valence-corrected chi connectivity index (χ0v) is 9.40. The lowest BCUT2D eigenvalue weighted by atomic mass is 10.3. The highest BCUT2D eigenvalue weighted by molar-refractivity contribution is 7.99. The molecule has 16 heavy (non-hydrogen) atoms. The largest absolute Gasteiger partial charge is 0.245 e. The molecule has 2 aromatic heterocycles. The fraction of sp³-hybridized carbons (Fsp3) is 0.0909. The number of hydrogen-bond acceptors (Lipinski definition) is 5. The molecule has 2 heterocycles. The molecule has 0 atom stereocenters. The maximum atomic E-state index is 8.95. The van der Waals surface area contributed by atoms with Gasteiger partial charge < -0.3 is 0 Å². The maximum absolute atomic E-state index is 8.95. The van der Waals surface area contributed by atoms with Crippen molar-refractivity contribution in [3.8, 4) is 6.07 Å². The molecule has 0 bridgehead atoms. The summed E-state index contributed by atoms with van der Waals surface area (Å²) >= 11 is 1.37. The first-order valence-corrected chi connectivity index (χ1v) is 5.43. The van der Waals surface area contributed by atoms with Crippen molar-refractivity contribution in [2.24, 2.45) is 0 Å². The van der Waals surface area contributed by atoms with Crippen LogP contribution in [0.15, 0.2) is 40.8 Å². The average molecular weight is 228 g/mol. The summed E-state index contributed by atoms with van der Waals surface area (Å²) in [6.45, 7) is 1.89. The number of nitriles is 1. The summed E-state index contributed by atoms with van der Waals surface area (Å²) in [7, 11) is 0. The number of pyridine rings is 1. The molecule has 0 saturated carbocycles. The van der Waals surface area contributed by atoms with Gasteiger partial charge in [-0.1, -0.05) is 0 Å². The Balaban J connectivity index is 2.35. The Morgan fingerprint density at radius 3 is 2.88 bits per heavy atom. The molecule has 0 saturated heterocycles. The fourth-order valence-corrected chi connectivity index (χ4v) is 1.97. The van der Waals surface area contributed by atoms with Gasteiger partial charge in [0.25, 0.3) is 0 Å². The Morgan fingerprint density at radius 1 is 1.31 bits per heavy atom. The van der Waals surface area contributed by atoms with Crippen LogP contribution in [-0.2, 0) is 0 Å². The van der Waals surface area contributed by atoms with Gasteiger partial charge in [-0.15, -0.1) is 0 Å². The second-order valence-electron chi connectivity index (χ2n) is 3.07. The van der Waals surface area contributed by atoms with E-state index in [0.717, 1.165) is 10.7 Å². The molecule has 0 N–H and O–H groups in total. The molecule has 0 aromatic carbocycles. The Labute approximate surface area is 97.4 Å². The van der Waals surface area contributed by atoms with Crippen molar-refractivity contribution < 1.29 is 0 Å². The van der Waals surface area contributed by atoms with Gasteiger partial charge in [-0.25, -0.2) is 15.0 Å². The molecule has 0 amide bonds. The highest BCUT2D eigenvalue weighted by Gasteiger charge is 2.06. The Bertz CT molecular complexity index is 533. The van der Waals surface area contributed by atoms with E-state index in [-0.39, 0.29) is 0 Å². The molecule has 2 rings (SSSR count). The van der Waals surface area contributed by atoms with Gasteiger partial charge in [0.2, 0.25) is 0 Å². The zero-order valence-electron chi connectivity index (χ0n) is 8.58. The maximum Gasteiger partial charge on any atom is 0.120 e. The summed E-state index contributed by atoms with van der Waals surface area (Å²) in [6, 6.07) is 7.50. The second-order valence-corrected chi connectivity index (χ2v) is 4.08. The highest BCUT2D eigenvalue weighted by atomic mass is 32.2.